The molecule has 1 N–H and O–H groups in total. The lowest BCUT2D eigenvalue weighted by atomic mass is 10.1. The van der Waals surface area contributed by atoms with Crippen LogP contribution in [-0.4, -0.2) is 27.6 Å². The lowest BCUT2D eigenvalue weighted by Crippen LogP contribution is -2.00. The summed E-state index contributed by atoms with van der Waals surface area (Å²) in [4.78, 5) is 14.8. The van der Waals surface area contributed by atoms with Crippen molar-refractivity contribution in [2.75, 3.05) is 7.11 Å². The minimum atomic E-state index is -1.03. The van der Waals surface area contributed by atoms with Gasteiger partial charge in [-0.15, -0.1) is 0 Å². The van der Waals surface area contributed by atoms with Gasteiger partial charge in [-0.2, -0.15) is 0 Å². The summed E-state index contributed by atoms with van der Waals surface area (Å²) in [6, 6.07) is 11.2. The molecule has 1 aromatic carbocycles. The maximum atomic E-state index is 10.9. The molecule has 0 fully saturated rings. The predicted octanol–water partition coefficient (Wildman–Crippen LogP) is 2.71. The van der Waals surface area contributed by atoms with Crippen LogP contribution in [-0.2, 0) is 0 Å². The fourth-order valence-corrected chi connectivity index (χ4v) is 2.09. The van der Waals surface area contributed by atoms with Crippen LogP contribution in [0.15, 0.2) is 48.9 Å². The van der Waals surface area contributed by atoms with Crippen LogP contribution in [0.3, 0.4) is 0 Å². The van der Waals surface area contributed by atoms with E-state index in [1.54, 1.807) is 17.6 Å². The first-order valence-corrected chi connectivity index (χ1v) is 6.03. The zero-order chi connectivity index (χ0) is 14.1. The van der Waals surface area contributed by atoms with Crippen LogP contribution in [0, 0.1) is 0 Å². The minimum Gasteiger partial charge on any atom is -0.497 e. The molecule has 0 atom stereocenters. The summed E-state index contributed by atoms with van der Waals surface area (Å²) in [6.45, 7) is 0. The van der Waals surface area contributed by atoms with E-state index >= 15 is 0 Å². The van der Waals surface area contributed by atoms with Gasteiger partial charge in [-0.25, -0.2) is 9.78 Å². The van der Waals surface area contributed by atoms with Gasteiger partial charge in [0.1, 0.15) is 12.1 Å². The number of aromatic carboxylic acids is 1. The van der Waals surface area contributed by atoms with Crippen molar-refractivity contribution >= 4 is 11.5 Å². The van der Waals surface area contributed by atoms with Crippen LogP contribution in [0.25, 0.3) is 16.6 Å². The van der Waals surface area contributed by atoms with Crippen molar-refractivity contribution < 1.29 is 14.6 Å². The predicted molar refractivity (Wildman–Crippen MR) is 74.1 cm³/mol. The van der Waals surface area contributed by atoms with Crippen molar-refractivity contribution in [3.8, 4) is 16.9 Å². The molecule has 3 rings (SSSR count). The number of benzene rings is 1. The van der Waals surface area contributed by atoms with Gasteiger partial charge < -0.3 is 14.2 Å². The molecule has 0 bridgehead atoms. The van der Waals surface area contributed by atoms with Crippen molar-refractivity contribution in [3.05, 3.63) is 54.6 Å². The summed E-state index contributed by atoms with van der Waals surface area (Å²) in [5.74, 6) is -0.251. The van der Waals surface area contributed by atoms with Gasteiger partial charge in [-0.05, 0) is 29.8 Å². The van der Waals surface area contributed by atoms with E-state index in [2.05, 4.69) is 4.98 Å². The van der Waals surface area contributed by atoms with Crippen LogP contribution in [0.5, 0.6) is 5.75 Å². The molecule has 5 heteroatoms. The first-order valence-electron chi connectivity index (χ1n) is 6.03. The van der Waals surface area contributed by atoms with E-state index in [9.17, 15) is 4.79 Å². The van der Waals surface area contributed by atoms with Crippen LogP contribution >= 0.6 is 0 Å². The molecule has 0 aliphatic heterocycles. The Morgan fingerprint density at radius 1 is 1.25 bits per heavy atom. The number of carboxylic acid groups (broad SMARTS) is 1. The first kappa shape index (κ1) is 12.2. The third-order valence-electron chi connectivity index (χ3n) is 3.11. The molecule has 100 valence electrons. The molecule has 0 radical (unpaired) electrons. The normalized spacial score (nSPS) is 10.7. The van der Waals surface area contributed by atoms with Gasteiger partial charge in [0.2, 0.25) is 0 Å². The number of methoxy groups -OCH3 is 1. The molecule has 3 aromatic rings. The van der Waals surface area contributed by atoms with E-state index in [1.165, 1.54) is 6.33 Å². The number of ether oxygens (including phenoxy) is 1. The lowest BCUT2D eigenvalue weighted by Gasteiger charge is -2.01. The van der Waals surface area contributed by atoms with Crippen LogP contribution in [0.2, 0.25) is 0 Å². The molecule has 0 saturated heterocycles. The molecule has 0 aliphatic carbocycles. The molecule has 5 nitrogen and oxygen atoms in total. The quantitative estimate of drug-likeness (QED) is 0.793. The fraction of sp³-hybridized carbons (Fsp3) is 0.0667. The van der Waals surface area contributed by atoms with E-state index < -0.39 is 5.97 Å². The van der Waals surface area contributed by atoms with E-state index in [0.717, 1.165) is 22.4 Å². The maximum Gasteiger partial charge on any atom is 0.354 e. The highest BCUT2D eigenvalue weighted by Crippen LogP contribution is 2.26. The number of hydrogen-bond donors (Lipinski definition) is 1. The van der Waals surface area contributed by atoms with Crippen molar-refractivity contribution in [1.82, 2.24) is 9.38 Å². The third kappa shape index (κ3) is 2.09. The summed E-state index contributed by atoms with van der Waals surface area (Å²) in [5.41, 5.74) is 2.81. The second-order valence-electron chi connectivity index (χ2n) is 4.37. The largest absolute Gasteiger partial charge is 0.497 e. The highest BCUT2D eigenvalue weighted by atomic mass is 16.5. The minimum absolute atomic E-state index is 0.0350. The Morgan fingerprint density at radius 3 is 2.85 bits per heavy atom. The Kier molecular flexibility index (Phi) is 2.87. The number of rotatable bonds is 3. The fourth-order valence-electron chi connectivity index (χ4n) is 2.09. The Balaban J connectivity index is 2.10. The number of aromatic nitrogens is 2. The number of carbonyl (C=O) groups is 1. The second-order valence-corrected chi connectivity index (χ2v) is 4.37. The Morgan fingerprint density at radius 2 is 2.10 bits per heavy atom. The monoisotopic (exact) mass is 268 g/mol. The van der Waals surface area contributed by atoms with E-state index in [1.807, 2.05) is 36.5 Å². The lowest BCUT2D eigenvalue weighted by molar-refractivity contribution is 0.0690. The summed E-state index contributed by atoms with van der Waals surface area (Å²) >= 11 is 0. The summed E-state index contributed by atoms with van der Waals surface area (Å²) < 4.78 is 7.00. The number of carboxylic acids is 1. The molecule has 0 amide bonds. The average molecular weight is 268 g/mol. The Labute approximate surface area is 115 Å². The van der Waals surface area contributed by atoms with Gasteiger partial charge in [-0.3, -0.25) is 0 Å². The molecule has 2 heterocycles. The van der Waals surface area contributed by atoms with Gasteiger partial charge >= 0.3 is 5.97 Å². The van der Waals surface area contributed by atoms with Crippen LogP contribution < -0.4 is 4.74 Å². The summed E-state index contributed by atoms with van der Waals surface area (Å²) in [5, 5.41) is 8.95. The topological polar surface area (TPSA) is 63.8 Å². The van der Waals surface area contributed by atoms with Crippen molar-refractivity contribution in [3.63, 3.8) is 0 Å². The molecule has 0 spiro atoms. The van der Waals surface area contributed by atoms with Gasteiger partial charge in [0.05, 0.1) is 7.11 Å². The number of nitrogens with zero attached hydrogens (tertiary/aromatic N) is 2. The molecule has 20 heavy (non-hydrogen) atoms. The van der Waals surface area contributed by atoms with E-state index in [0.29, 0.717) is 0 Å². The third-order valence-corrected chi connectivity index (χ3v) is 3.11. The van der Waals surface area contributed by atoms with Gasteiger partial charge in [0.25, 0.3) is 0 Å². The molecular weight excluding hydrogens is 256 g/mol. The first-order chi connectivity index (χ1) is 9.67. The van der Waals surface area contributed by atoms with E-state index in [-0.39, 0.29) is 5.69 Å². The molecule has 0 saturated carbocycles. The zero-order valence-electron chi connectivity index (χ0n) is 10.8. The summed E-state index contributed by atoms with van der Waals surface area (Å²) in [7, 11) is 1.62. The highest BCUT2D eigenvalue weighted by Gasteiger charge is 2.08. The molecular formula is C15H12N2O3. The molecule has 0 aliphatic rings. The SMILES string of the molecule is COc1cccc(-c2cc3cc(C(=O)O)ncn3c2)c1. The van der Waals surface area contributed by atoms with Gasteiger partial charge in [-0.1, -0.05) is 12.1 Å². The van der Waals surface area contributed by atoms with Crippen molar-refractivity contribution in [1.29, 1.82) is 0 Å². The Bertz CT molecular complexity index is 793. The highest BCUT2D eigenvalue weighted by molar-refractivity contribution is 5.87. The zero-order valence-corrected chi connectivity index (χ0v) is 10.8. The molecule has 0 unspecified atom stereocenters. The standard InChI is InChI=1S/C15H12N2O3/c1-20-13-4-2-3-10(6-13)11-5-12-7-14(15(18)19)16-9-17(12)8-11/h2-9H,1H3,(H,18,19). The summed E-state index contributed by atoms with van der Waals surface area (Å²) in [6.07, 6.45) is 3.41. The van der Waals surface area contributed by atoms with Gasteiger partial charge in [0.15, 0.2) is 5.69 Å². The van der Waals surface area contributed by atoms with Gasteiger partial charge in [0, 0.05) is 17.3 Å². The second kappa shape index (κ2) is 4.70. The molecule has 2 aromatic heterocycles. The smallest absolute Gasteiger partial charge is 0.354 e. The maximum absolute atomic E-state index is 10.9. The number of fused-ring (bicyclic) bond motifs is 1. The van der Waals surface area contributed by atoms with Crippen LogP contribution in [0.1, 0.15) is 10.5 Å². The number of hydrogen-bond acceptors (Lipinski definition) is 3. The Hall–Kier alpha value is -2.82. The van der Waals surface area contributed by atoms with Crippen LogP contribution in [0.4, 0.5) is 0 Å². The average Bonchev–Trinajstić information content (AvgIpc) is 2.90. The van der Waals surface area contributed by atoms with E-state index in [4.69, 9.17) is 9.84 Å². The van der Waals surface area contributed by atoms with Crippen molar-refractivity contribution in [2.24, 2.45) is 0 Å². The van der Waals surface area contributed by atoms with Crippen molar-refractivity contribution in [2.45, 2.75) is 0 Å².